The second-order valence-electron chi connectivity index (χ2n) is 23.3. The largest absolute Gasteiger partial charge is 0.468 e. The molecule has 0 unspecified atom stereocenters. The molecule has 1 aromatic heterocycles. The van der Waals surface area contributed by atoms with Gasteiger partial charge in [0.05, 0.1) is 19.8 Å². The van der Waals surface area contributed by atoms with Gasteiger partial charge in [-0.25, -0.2) is 0 Å². The van der Waals surface area contributed by atoms with Crippen molar-refractivity contribution in [1.82, 2.24) is 0 Å². The van der Waals surface area contributed by atoms with Crippen LogP contribution in [0.25, 0.3) is 22.1 Å². The maximum atomic E-state index is 9.84. The van der Waals surface area contributed by atoms with Crippen LogP contribution in [0.15, 0.2) is 120 Å². The van der Waals surface area contributed by atoms with Gasteiger partial charge in [0.2, 0.25) is 0 Å². The van der Waals surface area contributed by atoms with Crippen molar-refractivity contribution < 1.29 is 7.16 Å². The smallest absolute Gasteiger partial charge is 0.297 e. The molecule has 7 aromatic rings. The Balaban J connectivity index is 1.38. The van der Waals surface area contributed by atoms with Crippen LogP contribution in [0.3, 0.4) is 0 Å². The van der Waals surface area contributed by atoms with Crippen LogP contribution in [0, 0.1) is 6.92 Å². The lowest BCUT2D eigenvalue weighted by atomic mass is 9.35. The van der Waals surface area contributed by atoms with Crippen LogP contribution < -0.4 is 26.4 Å². The molecule has 10 rings (SSSR count). The summed E-state index contributed by atoms with van der Waals surface area (Å²) < 4.78 is 27.0. The molecular formula is C59H65BN2O. The standard InChI is InChI=1S/C59H65BN2O/c1-36-30-49-52-50(31-36)62(47-26-22-39(56(5,6)7)32-42(47)37-18-16-15-17-19-37)48-35-45-44(58(11,12)28-29-59(45,13)14)34-46(48)60(52)54-53(43-33-40(57(8,9)10)23-27-51(43)63-54)61(49)41-24-20-38(21-25-41)55(2,3)4/h15-27,30-35H,28-29H2,1-14H3/i24D,25D. The van der Waals surface area contributed by atoms with Gasteiger partial charge in [-0.2, -0.15) is 0 Å². The third-order valence-electron chi connectivity index (χ3n) is 14.6. The van der Waals surface area contributed by atoms with Gasteiger partial charge in [0.25, 0.3) is 6.71 Å². The Bertz CT molecular complexity index is 3080. The molecule has 0 amide bonds. The summed E-state index contributed by atoms with van der Waals surface area (Å²) in [6, 6.07) is 39.0. The Morgan fingerprint density at radius 1 is 0.587 bits per heavy atom. The van der Waals surface area contributed by atoms with Crippen molar-refractivity contribution in [1.29, 1.82) is 0 Å². The predicted molar refractivity (Wildman–Crippen MR) is 272 cm³/mol. The van der Waals surface area contributed by atoms with Crippen molar-refractivity contribution in [3.63, 3.8) is 0 Å². The van der Waals surface area contributed by atoms with Crippen molar-refractivity contribution in [2.75, 3.05) is 9.80 Å². The maximum absolute atomic E-state index is 9.84. The van der Waals surface area contributed by atoms with E-state index in [-0.39, 0.29) is 33.8 Å². The van der Waals surface area contributed by atoms with Crippen LogP contribution in [-0.2, 0) is 27.1 Å². The average molecular weight is 831 g/mol. The minimum absolute atomic E-state index is 0.0204. The number of hydrogen-bond acceptors (Lipinski definition) is 3. The Kier molecular flexibility index (Phi) is 8.55. The number of benzene rings is 6. The normalized spacial score (nSPS) is 16.9. The Hall–Kier alpha value is -5.48. The van der Waals surface area contributed by atoms with E-state index in [1.165, 1.54) is 44.5 Å². The third kappa shape index (κ3) is 6.60. The zero-order valence-corrected chi connectivity index (χ0v) is 40.1. The monoisotopic (exact) mass is 831 g/mol. The SMILES string of the molecule is [2H]c1cc(C(C)(C)C)cc([2H])c1N1c2cc(C)cc3c2B(c2cc4c(cc2N3c2ccc(C(C)(C)C)cc2-c2ccccc2)C(C)(C)CCC4(C)C)c2oc3ccc(C(C)(C)C)cc3c21. The summed E-state index contributed by atoms with van der Waals surface area (Å²) in [6.07, 6.45) is 2.22. The lowest BCUT2D eigenvalue weighted by Crippen LogP contribution is -2.61. The molecule has 0 radical (unpaired) electrons. The van der Waals surface area contributed by atoms with Crippen molar-refractivity contribution in [3.05, 3.63) is 149 Å². The Morgan fingerprint density at radius 3 is 1.78 bits per heavy atom. The summed E-state index contributed by atoms with van der Waals surface area (Å²) >= 11 is 0. The van der Waals surface area contributed by atoms with Crippen LogP contribution in [0.2, 0.25) is 0 Å². The minimum atomic E-state index is -0.249. The van der Waals surface area contributed by atoms with Gasteiger partial charge >= 0.3 is 0 Å². The van der Waals surface area contributed by atoms with Crippen LogP contribution in [0.1, 0.15) is 139 Å². The molecule has 3 aliphatic rings. The number of anilines is 6. The molecule has 3 nitrogen and oxygen atoms in total. The molecular weight excluding hydrogens is 763 g/mol. The highest BCUT2D eigenvalue weighted by atomic mass is 16.3. The van der Waals surface area contributed by atoms with E-state index in [9.17, 15) is 2.74 Å². The van der Waals surface area contributed by atoms with Gasteiger partial charge in [-0.1, -0.05) is 151 Å². The molecule has 6 aromatic carbocycles. The van der Waals surface area contributed by atoms with E-state index in [0.717, 1.165) is 68.8 Å². The van der Waals surface area contributed by atoms with Gasteiger partial charge in [0.15, 0.2) is 0 Å². The number of fused-ring (bicyclic) bond motifs is 7. The molecule has 2 aliphatic heterocycles. The number of hydrogen-bond donors (Lipinski definition) is 0. The second kappa shape index (κ2) is 13.8. The maximum Gasteiger partial charge on any atom is 0.297 e. The number of aryl methyl sites for hydroxylation is 1. The fraction of sp³-hybridized carbons (Fsp3) is 0.356. The highest BCUT2D eigenvalue weighted by Gasteiger charge is 2.49. The number of rotatable bonds is 3. The first-order valence-electron chi connectivity index (χ1n) is 24.2. The third-order valence-corrected chi connectivity index (χ3v) is 14.6. The zero-order valence-electron chi connectivity index (χ0n) is 42.1. The van der Waals surface area contributed by atoms with E-state index in [2.05, 4.69) is 198 Å². The van der Waals surface area contributed by atoms with Crippen molar-refractivity contribution in [3.8, 4) is 11.1 Å². The molecule has 4 heteroatoms. The summed E-state index contributed by atoms with van der Waals surface area (Å²) in [5, 5.41) is 1.01. The average Bonchev–Trinajstić information content (AvgIpc) is 3.60. The highest BCUT2D eigenvalue weighted by molar-refractivity contribution is 7.00. The fourth-order valence-corrected chi connectivity index (χ4v) is 10.6. The van der Waals surface area contributed by atoms with E-state index < -0.39 is 0 Å². The predicted octanol–water partition coefficient (Wildman–Crippen LogP) is 14.7. The molecule has 3 heterocycles. The number of nitrogens with zero attached hydrogens (tertiary/aromatic N) is 2. The van der Waals surface area contributed by atoms with E-state index >= 15 is 0 Å². The van der Waals surface area contributed by atoms with Gasteiger partial charge in [-0.3, -0.25) is 0 Å². The molecule has 63 heavy (non-hydrogen) atoms. The summed E-state index contributed by atoms with van der Waals surface area (Å²) in [5.74, 6) is 0. The van der Waals surface area contributed by atoms with Crippen LogP contribution >= 0.6 is 0 Å². The topological polar surface area (TPSA) is 19.6 Å². The summed E-state index contributed by atoms with van der Waals surface area (Å²) in [4.78, 5) is 4.79. The van der Waals surface area contributed by atoms with E-state index in [0.29, 0.717) is 17.8 Å². The molecule has 0 N–H and O–H groups in total. The van der Waals surface area contributed by atoms with E-state index in [1.807, 2.05) is 12.1 Å². The molecule has 0 fully saturated rings. The van der Waals surface area contributed by atoms with Crippen molar-refractivity contribution in [2.24, 2.45) is 0 Å². The summed E-state index contributed by atoms with van der Waals surface area (Å²) in [7, 11) is 0. The number of furan rings is 1. The van der Waals surface area contributed by atoms with E-state index in [4.69, 9.17) is 4.42 Å². The van der Waals surface area contributed by atoms with Gasteiger partial charge in [-0.15, -0.1) is 0 Å². The Morgan fingerprint density at radius 2 is 1.16 bits per heavy atom. The van der Waals surface area contributed by atoms with Crippen molar-refractivity contribution in [2.45, 2.75) is 137 Å². The van der Waals surface area contributed by atoms with Gasteiger partial charge in [-0.05, 0) is 151 Å². The first kappa shape index (κ1) is 39.1. The zero-order chi connectivity index (χ0) is 46.5. The first-order chi connectivity index (χ1) is 30.3. The van der Waals surface area contributed by atoms with Gasteiger partial charge in [0.1, 0.15) is 5.58 Å². The van der Waals surface area contributed by atoms with Crippen molar-refractivity contribution >= 4 is 68.4 Å². The van der Waals surface area contributed by atoms with E-state index in [1.54, 1.807) is 0 Å². The molecule has 0 atom stereocenters. The summed E-state index contributed by atoms with van der Waals surface area (Å²) in [6.45, 7) is 31.8. The van der Waals surface area contributed by atoms with Crippen LogP contribution in [0.4, 0.5) is 34.1 Å². The fourth-order valence-electron chi connectivity index (χ4n) is 10.6. The van der Waals surface area contributed by atoms with Gasteiger partial charge < -0.3 is 14.2 Å². The lowest BCUT2D eigenvalue weighted by Gasteiger charge is -2.47. The molecule has 0 saturated carbocycles. The molecule has 0 bridgehead atoms. The highest BCUT2D eigenvalue weighted by Crippen LogP contribution is 2.53. The minimum Gasteiger partial charge on any atom is -0.468 e. The lowest BCUT2D eigenvalue weighted by molar-refractivity contribution is 0.332. The summed E-state index contributed by atoms with van der Waals surface area (Å²) in [5.41, 5.74) is 19.3. The Labute approximate surface area is 380 Å². The molecule has 1 aliphatic carbocycles. The molecule has 0 spiro atoms. The van der Waals surface area contributed by atoms with Gasteiger partial charge in [0, 0.05) is 33.7 Å². The van der Waals surface area contributed by atoms with Crippen LogP contribution in [0.5, 0.6) is 0 Å². The quantitative estimate of drug-likeness (QED) is 0.165. The van der Waals surface area contributed by atoms with Crippen LogP contribution in [-0.4, -0.2) is 6.71 Å². The molecule has 320 valence electrons. The second-order valence-corrected chi connectivity index (χ2v) is 23.3. The first-order valence-corrected chi connectivity index (χ1v) is 23.2. The molecule has 0 saturated heterocycles.